The maximum Gasteiger partial charge on any atom is 0.317 e. The number of carboxylic acid groups (broad SMARTS) is 1. The van der Waals surface area contributed by atoms with Gasteiger partial charge in [-0.1, -0.05) is 6.92 Å². The lowest BCUT2D eigenvalue weighted by molar-refractivity contribution is -0.139. The molecule has 0 spiro atoms. The number of aromatic nitrogens is 1. The van der Waals surface area contributed by atoms with Gasteiger partial charge in [-0.2, -0.15) is 5.26 Å². The number of carboxylic acids is 1. The van der Waals surface area contributed by atoms with Crippen LogP contribution in [0.15, 0.2) is 12.1 Å². The fourth-order valence-corrected chi connectivity index (χ4v) is 2.65. The summed E-state index contributed by atoms with van der Waals surface area (Å²) in [4.78, 5) is 17.1. The molecule has 21 heavy (non-hydrogen) atoms. The van der Waals surface area contributed by atoms with E-state index in [1.807, 2.05) is 24.8 Å². The minimum atomic E-state index is -0.780. The van der Waals surface area contributed by atoms with E-state index in [9.17, 15) is 4.79 Å². The number of hydrogen-bond donors (Lipinski definition) is 2. The van der Waals surface area contributed by atoms with E-state index < -0.39 is 5.97 Å². The van der Waals surface area contributed by atoms with Gasteiger partial charge in [0.2, 0.25) is 0 Å². The number of pyridine rings is 1. The van der Waals surface area contributed by atoms with E-state index in [0.717, 1.165) is 30.9 Å². The summed E-state index contributed by atoms with van der Waals surface area (Å²) < 4.78 is 0. The Bertz CT molecular complexity index is 561. The van der Waals surface area contributed by atoms with E-state index in [0.29, 0.717) is 17.6 Å². The summed E-state index contributed by atoms with van der Waals surface area (Å²) in [7, 11) is 0. The lowest BCUT2D eigenvalue weighted by Gasteiger charge is -2.42. The normalized spacial score (nSPS) is 20.7. The Morgan fingerprint density at radius 1 is 1.57 bits per heavy atom. The van der Waals surface area contributed by atoms with Gasteiger partial charge in [0.05, 0.1) is 17.8 Å². The minimum absolute atomic E-state index is 0.0993. The highest BCUT2D eigenvalue weighted by molar-refractivity contribution is 5.69. The lowest BCUT2D eigenvalue weighted by Crippen LogP contribution is -2.51. The predicted molar refractivity (Wildman–Crippen MR) is 79.0 cm³/mol. The van der Waals surface area contributed by atoms with Crippen LogP contribution < -0.4 is 5.32 Å². The fraction of sp³-hybridized carbons (Fsp3) is 0.533. The molecule has 6 nitrogen and oxygen atoms in total. The Kier molecular flexibility index (Phi) is 4.76. The average Bonchev–Trinajstić information content (AvgIpc) is 2.40. The number of aliphatic carboxylic acids is 1. The first-order chi connectivity index (χ1) is 10.0. The lowest BCUT2D eigenvalue weighted by atomic mass is 9.85. The summed E-state index contributed by atoms with van der Waals surface area (Å²) in [6.07, 6.45) is 1.84. The number of nitrogens with one attached hydrogen (secondary N) is 1. The first-order valence-corrected chi connectivity index (χ1v) is 7.13. The zero-order valence-electron chi connectivity index (χ0n) is 12.3. The van der Waals surface area contributed by atoms with E-state index in [1.165, 1.54) is 0 Å². The molecule has 1 aliphatic carbocycles. The largest absolute Gasteiger partial charge is 0.480 e. The van der Waals surface area contributed by atoms with Gasteiger partial charge >= 0.3 is 5.97 Å². The van der Waals surface area contributed by atoms with Crippen molar-refractivity contribution in [2.75, 3.05) is 18.4 Å². The van der Waals surface area contributed by atoms with E-state index in [-0.39, 0.29) is 6.54 Å². The number of rotatable bonds is 6. The van der Waals surface area contributed by atoms with Crippen LogP contribution in [0.5, 0.6) is 0 Å². The van der Waals surface area contributed by atoms with Crippen LogP contribution in [0.4, 0.5) is 5.82 Å². The van der Waals surface area contributed by atoms with Gasteiger partial charge < -0.3 is 10.4 Å². The minimum Gasteiger partial charge on any atom is -0.480 e. The molecule has 112 valence electrons. The van der Waals surface area contributed by atoms with Gasteiger partial charge in [0.25, 0.3) is 0 Å². The smallest absolute Gasteiger partial charge is 0.317 e. The standard InChI is InChI=1S/C15H20N4O2/c1-3-19(9-15(20)21)13-6-12(7-13)18-14-5-4-11(8-16)10(2)17-14/h4-5,12-13H,3,6-7,9H2,1-2H3,(H,17,18)(H,20,21). The van der Waals surface area contributed by atoms with Crippen molar-refractivity contribution in [1.82, 2.24) is 9.88 Å². The zero-order chi connectivity index (χ0) is 15.4. The van der Waals surface area contributed by atoms with Crippen LogP contribution in [0.1, 0.15) is 31.0 Å². The van der Waals surface area contributed by atoms with Crippen LogP contribution >= 0.6 is 0 Å². The molecule has 2 N–H and O–H groups in total. The molecule has 0 unspecified atom stereocenters. The Hall–Kier alpha value is -2.13. The molecule has 0 atom stereocenters. The van der Waals surface area contributed by atoms with Gasteiger partial charge in [-0.05, 0) is 38.4 Å². The van der Waals surface area contributed by atoms with Crippen molar-refractivity contribution in [1.29, 1.82) is 5.26 Å². The van der Waals surface area contributed by atoms with Crippen molar-refractivity contribution in [3.05, 3.63) is 23.4 Å². The van der Waals surface area contributed by atoms with Crippen molar-refractivity contribution < 1.29 is 9.90 Å². The van der Waals surface area contributed by atoms with Crippen LogP contribution in [-0.2, 0) is 4.79 Å². The molecule has 0 amide bonds. The highest BCUT2D eigenvalue weighted by atomic mass is 16.4. The third kappa shape index (κ3) is 3.70. The highest BCUT2D eigenvalue weighted by Crippen LogP contribution is 2.28. The predicted octanol–water partition coefficient (Wildman–Crippen LogP) is 1.61. The Morgan fingerprint density at radius 3 is 2.81 bits per heavy atom. The number of hydrogen-bond acceptors (Lipinski definition) is 5. The van der Waals surface area contributed by atoms with Gasteiger partial charge in [0.15, 0.2) is 0 Å². The Labute approximate surface area is 124 Å². The van der Waals surface area contributed by atoms with Gasteiger partial charge in [-0.25, -0.2) is 4.98 Å². The molecule has 1 fully saturated rings. The molecule has 0 saturated heterocycles. The van der Waals surface area contributed by atoms with E-state index in [1.54, 1.807) is 6.07 Å². The molecule has 0 radical (unpaired) electrons. The first-order valence-electron chi connectivity index (χ1n) is 7.13. The zero-order valence-corrected chi connectivity index (χ0v) is 12.3. The average molecular weight is 288 g/mol. The molecule has 2 rings (SSSR count). The summed E-state index contributed by atoms with van der Waals surface area (Å²) in [5.74, 6) is -0.00567. The third-order valence-electron chi connectivity index (χ3n) is 3.93. The van der Waals surface area contributed by atoms with E-state index >= 15 is 0 Å². The Morgan fingerprint density at radius 2 is 2.29 bits per heavy atom. The molecule has 0 aliphatic heterocycles. The summed E-state index contributed by atoms with van der Waals surface area (Å²) in [6.45, 7) is 4.65. The van der Waals surface area contributed by atoms with E-state index in [4.69, 9.17) is 10.4 Å². The van der Waals surface area contributed by atoms with Crippen molar-refractivity contribution >= 4 is 11.8 Å². The second kappa shape index (κ2) is 6.55. The molecule has 0 bridgehead atoms. The number of aryl methyl sites for hydroxylation is 1. The second-order valence-corrected chi connectivity index (χ2v) is 5.36. The number of likely N-dealkylation sites (N-methyl/N-ethyl adjacent to an activating group) is 1. The van der Waals surface area contributed by atoms with Crippen molar-refractivity contribution in [3.8, 4) is 6.07 Å². The van der Waals surface area contributed by atoms with Crippen molar-refractivity contribution in [2.45, 2.75) is 38.8 Å². The molecule has 1 aliphatic rings. The fourth-order valence-electron chi connectivity index (χ4n) is 2.65. The molecule has 1 aromatic rings. The molecule has 1 saturated carbocycles. The van der Waals surface area contributed by atoms with Crippen LogP contribution in [0.2, 0.25) is 0 Å². The molecule has 6 heteroatoms. The number of carbonyl (C=O) groups is 1. The van der Waals surface area contributed by atoms with Crippen LogP contribution in [0, 0.1) is 18.3 Å². The molecule has 1 aromatic heterocycles. The molecular weight excluding hydrogens is 268 g/mol. The molecule has 1 heterocycles. The summed E-state index contributed by atoms with van der Waals surface area (Å²) in [6, 6.07) is 6.32. The maximum atomic E-state index is 10.8. The highest BCUT2D eigenvalue weighted by Gasteiger charge is 2.33. The van der Waals surface area contributed by atoms with Gasteiger partial charge in [0.1, 0.15) is 11.9 Å². The van der Waals surface area contributed by atoms with Crippen LogP contribution in [0.25, 0.3) is 0 Å². The Balaban J connectivity index is 1.86. The summed E-state index contributed by atoms with van der Waals surface area (Å²) >= 11 is 0. The number of nitriles is 1. The number of anilines is 1. The van der Waals surface area contributed by atoms with Gasteiger partial charge in [0, 0.05) is 12.1 Å². The number of nitrogens with zero attached hydrogens (tertiary/aromatic N) is 3. The van der Waals surface area contributed by atoms with Gasteiger partial charge in [-0.15, -0.1) is 0 Å². The van der Waals surface area contributed by atoms with Crippen LogP contribution in [-0.4, -0.2) is 46.1 Å². The second-order valence-electron chi connectivity index (χ2n) is 5.36. The first kappa shape index (κ1) is 15.3. The monoisotopic (exact) mass is 288 g/mol. The molecular formula is C15H20N4O2. The molecule has 0 aromatic carbocycles. The summed E-state index contributed by atoms with van der Waals surface area (Å²) in [5, 5.41) is 21.1. The van der Waals surface area contributed by atoms with Crippen molar-refractivity contribution in [3.63, 3.8) is 0 Å². The topological polar surface area (TPSA) is 89.3 Å². The third-order valence-corrected chi connectivity index (χ3v) is 3.93. The SMILES string of the molecule is CCN(CC(=O)O)C1CC(Nc2ccc(C#N)c(C)n2)C1. The quantitative estimate of drug-likeness (QED) is 0.826. The maximum absolute atomic E-state index is 10.8. The van der Waals surface area contributed by atoms with Crippen molar-refractivity contribution in [2.24, 2.45) is 0 Å². The van der Waals surface area contributed by atoms with E-state index in [2.05, 4.69) is 16.4 Å². The van der Waals surface area contributed by atoms with Gasteiger partial charge in [-0.3, -0.25) is 9.69 Å². The van der Waals surface area contributed by atoms with Crippen LogP contribution in [0.3, 0.4) is 0 Å². The summed E-state index contributed by atoms with van der Waals surface area (Å²) in [5.41, 5.74) is 1.31.